The molecule has 0 spiro atoms. The van der Waals surface area contributed by atoms with Gasteiger partial charge in [-0.05, 0) is 54.7 Å². The number of carbonyl (C=O) groups is 1. The van der Waals surface area contributed by atoms with Gasteiger partial charge >= 0.3 is 0 Å². The van der Waals surface area contributed by atoms with Crippen LogP contribution in [0.1, 0.15) is 29.9 Å². The Kier molecular flexibility index (Phi) is 3.83. The van der Waals surface area contributed by atoms with Gasteiger partial charge in [0.2, 0.25) is 5.91 Å². The molecule has 1 aromatic heterocycles. The summed E-state index contributed by atoms with van der Waals surface area (Å²) in [4.78, 5) is 16.8. The van der Waals surface area contributed by atoms with Gasteiger partial charge in [-0.1, -0.05) is 24.3 Å². The second-order valence-electron chi connectivity index (χ2n) is 6.04. The Labute approximate surface area is 140 Å². The van der Waals surface area contributed by atoms with Gasteiger partial charge < -0.3 is 5.32 Å². The smallest absolute Gasteiger partial charge is 0.231 e. The molecule has 0 unspecified atom stereocenters. The van der Waals surface area contributed by atoms with Crippen molar-refractivity contribution in [3.05, 3.63) is 66.0 Å². The monoisotopic (exact) mass is 318 g/mol. The standard InChI is InChI=1S/C19H18N4O/c24-19(17-7-3-5-13-4-1-2-6-16(13)17)22-15-10-8-14(9-11-15)18-20-12-21-23-18/h1-2,4,6,8-12,17H,3,5,7H2,(H,22,24)(H,20,21,23)/t17-/m1/s1. The molecule has 3 aromatic rings. The molecule has 4 rings (SSSR count). The fourth-order valence-electron chi connectivity index (χ4n) is 3.31. The molecule has 1 heterocycles. The van der Waals surface area contributed by atoms with E-state index in [1.807, 2.05) is 36.4 Å². The molecule has 0 radical (unpaired) electrons. The number of hydrogen-bond acceptors (Lipinski definition) is 3. The molecular formula is C19H18N4O. The molecule has 1 aliphatic rings. The third-order valence-electron chi connectivity index (χ3n) is 4.53. The first-order chi connectivity index (χ1) is 11.8. The van der Waals surface area contributed by atoms with Gasteiger partial charge in [-0.25, -0.2) is 4.98 Å². The van der Waals surface area contributed by atoms with Gasteiger partial charge in [0.15, 0.2) is 5.82 Å². The van der Waals surface area contributed by atoms with Crippen LogP contribution in [0.15, 0.2) is 54.9 Å². The summed E-state index contributed by atoms with van der Waals surface area (Å²) in [5.41, 5.74) is 4.20. The number of fused-ring (bicyclic) bond motifs is 1. The lowest BCUT2D eigenvalue weighted by molar-refractivity contribution is -0.117. The third kappa shape index (κ3) is 2.80. The number of carbonyl (C=O) groups excluding carboxylic acids is 1. The Morgan fingerprint density at radius 1 is 1.12 bits per heavy atom. The molecule has 1 amide bonds. The topological polar surface area (TPSA) is 70.7 Å². The van der Waals surface area contributed by atoms with Crippen LogP contribution in [0.3, 0.4) is 0 Å². The summed E-state index contributed by atoms with van der Waals surface area (Å²) in [5.74, 6) is 0.715. The van der Waals surface area contributed by atoms with Crippen LogP contribution in [0, 0.1) is 0 Å². The molecule has 0 saturated heterocycles. The van der Waals surface area contributed by atoms with Gasteiger partial charge in [-0.2, -0.15) is 5.10 Å². The van der Waals surface area contributed by atoms with Crippen molar-refractivity contribution in [1.82, 2.24) is 15.2 Å². The third-order valence-corrected chi connectivity index (χ3v) is 4.53. The van der Waals surface area contributed by atoms with Crippen molar-refractivity contribution in [1.29, 1.82) is 0 Å². The van der Waals surface area contributed by atoms with Crippen LogP contribution in [-0.2, 0) is 11.2 Å². The number of aromatic amines is 1. The van der Waals surface area contributed by atoms with E-state index >= 15 is 0 Å². The minimum absolute atomic E-state index is 0.0644. The Balaban J connectivity index is 1.51. The van der Waals surface area contributed by atoms with Crippen molar-refractivity contribution in [2.45, 2.75) is 25.2 Å². The zero-order valence-electron chi connectivity index (χ0n) is 13.2. The van der Waals surface area contributed by atoms with Crippen LogP contribution in [-0.4, -0.2) is 21.1 Å². The summed E-state index contributed by atoms with van der Waals surface area (Å²) in [6.07, 6.45) is 4.50. The van der Waals surface area contributed by atoms with Crippen LogP contribution in [0.2, 0.25) is 0 Å². The predicted octanol–water partition coefficient (Wildman–Crippen LogP) is 3.53. The Bertz CT molecular complexity index is 840. The molecule has 1 atom stereocenters. The van der Waals surface area contributed by atoms with Crippen LogP contribution in [0.25, 0.3) is 11.4 Å². The first kappa shape index (κ1) is 14.6. The van der Waals surface area contributed by atoms with Crippen molar-refractivity contribution in [3.63, 3.8) is 0 Å². The van der Waals surface area contributed by atoms with Gasteiger partial charge in [0.1, 0.15) is 6.33 Å². The van der Waals surface area contributed by atoms with Gasteiger partial charge in [-0.3, -0.25) is 9.89 Å². The van der Waals surface area contributed by atoms with E-state index in [4.69, 9.17) is 0 Å². The summed E-state index contributed by atoms with van der Waals surface area (Å²) in [5, 5.41) is 9.71. The van der Waals surface area contributed by atoms with Gasteiger partial charge in [-0.15, -0.1) is 0 Å². The van der Waals surface area contributed by atoms with Crippen LogP contribution in [0.4, 0.5) is 5.69 Å². The summed E-state index contributed by atoms with van der Waals surface area (Å²) >= 11 is 0. The van der Waals surface area contributed by atoms with E-state index in [0.29, 0.717) is 5.82 Å². The van der Waals surface area contributed by atoms with Gasteiger partial charge in [0.05, 0.1) is 5.92 Å². The van der Waals surface area contributed by atoms with E-state index in [-0.39, 0.29) is 11.8 Å². The molecule has 120 valence electrons. The lowest BCUT2D eigenvalue weighted by Gasteiger charge is -2.24. The average Bonchev–Trinajstić information content (AvgIpc) is 3.16. The molecular weight excluding hydrogens is 300 g/mol. The fourth-order valence-corrected chi connectivity index (χ4v) is 3.31. The maximum Gasteiger partial charge on any atom is 0.231 e. The molecule has 0 saturated carbocycles. The number of benzene rings is 2. The summed E-state index contributed by atoms with van der Waals surface area (Å²) in [6.45, 7) is 0. The Morgan fingerprint density at radius 2 is 1.96 bits per heavy atom. The summed E-state index contributed by atoms with van der Waals surface area (Å²) in [7, 11) is 0. The molecule has 24 heavy (non-hydrogen) atoms. The van der Waals surface area contributed by atoms with Gasteiger partial charge in [0, 0.05) is 11.3 Å². The summed E-state index contributed by atoms with van der Waals surface area (Å²) in [6, 6.07) is 15.9. The normalized spacial score (nSPS) is 16.4. The molecule has 5 heteroatoms. The van der Waals surface area contributed by atoms with Crippen molar-refractivity contribution < 1.29 is 4.79 Å². The number of rotatable bonds is 3. The molecule has 0 bridgehead atoms. The number of anilines is 1. The van der Waals surface area contributed by atoms with Crippen LogP contribution < -0.4 is 5.32 Å². The van der Waals surface area contributed by atoms with E-state index in [2.05, 4.69) is 32.6 Å². The predicted molar refractivity (Wildman–Crippen MR) is 92.6 cm³/mol. The van der Waals surface area contributed by atoms with Gasteiger partial charge in [0.25, 0.3) is 0 Å². The van der Waals surface area contributed by atoms with E-state index in [1.54, 1.807) is 0 Å². The molecule has 0 fully saturated rings. The zero-order valence-corrected chi connectivity index (χ0v) is 13.2. The largest absolute Gasteiger partial charge is 0.326 e. The van der Waals surface area contributed by atoms with Crippen molar-refractivity contribution in [2.75, 3.05) is 5.32 Å². The minimum Gasteiger partial charge on any atom is -0.326 e. The second kappa shape index (κ2) is 6.28. The number of aromatic nitrogens is 3. The number of hydrogen-bond donors (Lipinski definition) is 2. The van der Waals surface area contributed by atoms with E-state index in [1.165, 1.54) is 17.5 Å². The Hall–Kier alpha value is -2.95. The highest BCUT2D eigenvalue weighted by molar-refractivity contribution is 5.96. The molecule has 1 aliphatic carbocycles. The van der Waals surface area contributed by atoms with E-state index in [9.17, 15) is 4.79 Å². The lowest BCUT2D eigenvalue weighted by atomic mass is 9.82. The number of nitrogens with one attached hydrogen (secondary N) is 2. The quantitative estimate of drug-likeness (QED) is 0.776. The number of amides is 1. The number of nitrogens with zero attached hydrogens (tertiary/aromatic N) is 2. The molecule has 2 N–H and O–H groups in total. The lowest BCUT2D eigenvalue weighted by Crippen LogP contribution is -2.24. The maximum atomic E-state index is 12.7. The SMILES string of the molecule is O=C(Nc1ccc(-c2ncn[nH]2)cc1)[C@@H]1CCCc2ccccc21. The fraction of sp³-hybridized carbons (Fsp3) is 0.211. The molecule has 0 aliphatic heterocycles. The second-order valence-corrected chi connectivity index (χ2v) is 6.04. The maximum absolute atomic E-state index is 12.7. The summed E-state index contributed by atoms with van der Waals surface area (Å²) < 4.78 is 0. The molecule has 5 nitrogen and oxygen atoms in total. The average molecular weight is 318 g/mol. The van der Waals surface area contributed by atoms with E-state index < -0.39 is 0 Å². The van der Waals surface area contributed by atoms with E-state index in [0.717, 1.165) is 30.5 Å². The first-order valence-corrected chi connectivity index (χ1v) is 8.16. The highest BCUT2D eigenvalue weighted by atomic mass is 16.1. The van der Waals surface area contributed by atoms with Crippen molar-refractivity contribution in [2.24, 2.45) is 0 Å². The number of H-pyrrole nitrogens is 1. The van der Waals surface area contributed by atoms with Crippen molar-refractivity contribution in [3.8, 4) is 11.4 Å². The van der Waals surface area contributed by atoms with Crippen LogP contribution in [0.5, 0.6) is 0 Å². The minimum atomic E-state index is -0.0658. The number of aryl methyl sites for hydroxylation is 1. The highest BCUT2D eigenvalue weighted by Crippen LogP contribution is 2.32. The van der Waals surface area contributed by atoms with Crippen molar-refractivity contribution >= 4 is 11.6 Å². The van der Waals surface area contributed by atoms with Crippen LogP contribution >= 0.6 is 0 Å². The zero-order chi connectivity index (χ0) is 16.4. The molecule has 2 aromatic carbocycles. The highest BCUT2D eigenvalue weighted by Gasteiger charge is 2.26. The Morgan fingerprint density at radius 3 is 2.75 bits per heavy atom. The first-order valence-electron chi connectivity index (χ1n) is 8.16.